The highest BCUT2D eigenvalue weighted by Crippen LogP contribution is 2.35. The lowest BCUT2D eigenvalue weighted by molar-refractivity contribution is 1.24. The largest absolute Gasteiger partial charge is 0.377 e. The van der Waals surface area contributed by atoms with Crippen LogP contribution in [0.5, 0.6) is 0 Å². The summed E-state index contributed by atoms with van der Waals surface area (Å²) in [6, 6.07) is 35.5. The second-order valence-electron chi connectivity index (χ2n) is 8.06. The van der Waals surface area contributed by atoms with Crippen molar-refractivity contribution in [2.24, 2.45) is 15.9 Å². The molecule has 4 nitrogen and oxygen atoms in total. The second-order valence-corrected chi connectivity index (χ2v) is 9.06. The van der Waals surface area contributed by atoms with Crippen molar-refractivity contribution >= 4 is 40.2 Å². The van der Waals surface area contributed by atoms with Gasteiger partial charge in [0.25, 0.3) is 0 Å². The average molecular weight is 465 g/mol. The molecule has 34 heavy (non-hydrogen) atoms. The minimum Gasteiger partial charge on any atom is -0.377 e. The van der Waals surface area contributed by atoms with E-state index in [0.717, 1.165) is 28.4 Å². The zero-order valence-electron chi connectivity index (χ0n) is 19.4. The summed E-state index contributed by atoms with van der Waals surface area (Å²) < 4.78 is 0. The topological polar surface area (TPSA) is 54.0 Å². The minimum absolute atomic E-state index is 0.446. The van der Waals surface area contributed by atoms with Gasteiger partial charge in [0.2, 0.25) is 0 Å². The Balaban J connectivity index is 1.50. The predicted molar refractivity (Wildman–Crippen MR) is 148 cm³/mol. The fraction of sp³-hybridized carbons (Fsp3) is 0.103. The Hall–Kier alpha value is -3.83. The maximum atomic E-state index is 6.00. The predicted octanol–water partition coefficient (Wildman–Crippen LogP) is 7.36. The van der Waals surface area contributed by atoms with Crippen LogP contribution in [0.2, 0.25) is 0 Å². The monoisotopic (exact) mass is 464 g/mol. The summed E-state index contributed by atoms with van der Waals surface area (Å²) in [5.41, 5.74) is 13.9. The molecule has 0 radical (unpaired) electrons. The number of anilines is 3. The van der Waals surface area contributed by atoms with E-state index in [-0.39, 0.29) is 0 Å². The van der Waals surface area contributed by atoms with Gasteiger partial charge in [0.15, 0.2) is 5.17 Å². The Kier molecular flexibility index (Phi) is 7.79. The van der Waals surface area contributed by atoms with Gasteiger partial charge in [-0.1, -0.05) is 78.5 Å². The molecule has 0 amide bonds. The molecule has 0 bridgehead atoms. The van der Waals surface area contributed by atoms with Crippen molar-refractivity contribution in [2.45, 2.75) is 19.6 Å². The van der Waals surface area contributed by atoms with Crippen LogP contribution in [0.25, 0.3) is 0 Å². The van der Waals surface area contributed by atoms with Gasteiger partial charge in [-0.05, 0) is 72.5 Å². The number of nitrogens with two attached hydrogens (primary N) is 1. The molecule has 0 aliphatic heterocycles. The fourth-order valence-electron chi connectivity index (χ4n) is 3.60. The lowest BCUT2D eigenvalue weighted by Gasteiger charge is -2.26. The van der Waals surface area contributed by atoms with Crippen molar-refractivity contribution in [1.82, 2.24) is 0 Å². The first-order chi connectivity index (χ1) is 16.6. The Labute approximate surface area is 205 Å². The molecule has 0 saturated heterocycles. The number of hydrogen-bond donors (Lipinski definition) is 1. The summed E-state index contributed by atoms with van der Waals surface area (Å²) in [4.78, 5) is 2.26. The van der Waals surface area contributed by atoms with Crippen LogP contribution in [0.15, 0.2) is 113 Å². The smallest absolute Gasteiger partial charge is 0.180 e. The van der Waals surface area contributed by atoms with Crippen LogP contribution < -0.4 is 10.6 Å². The van der Waals surface area contributed by atoms with Gasteiger partial charge >= 0.3 is 0 Å². The van der Waals surface area contributed by atoms with Gasteiger partial charge in [-0.2, -0.15) is 5.10 Å². The van der Waals surface area contributed by atoms with Crippen molar-refractivity contribution in [3.8, 4) is 0 Å². The van der Waals surface area contributed by atoms with Crippen molar-refractivity contribution in [1.29, 1.82) is 0 Å². The van der Waals surface area contributed by atoms with E-state index in [1.54, 1.807) is 6.21 Å². The number of aryl methyl sites for hydroxylation is 2. The molecule has 4 rings (SSSR count). The molecule has 5 heteroatoms. The van der Waals surface area contributed by atoms with E-state index >= 15 is 0 Å². The SMILES string of the molecule is Cc1cccc(N(c2ccc(C=NN=C(N)SCc3ccccc3)cc2)c2cccc(C)c2)c1. The Morgan fingerprint density at radius 3 is 1.97 bits per heavy atom. The molecule has 0 unspecified atom stereocenters. The van der Waals surface area contributed by atoms with Crippen molar-refractivity contribution < 1.29 is 0 Å². The van der Waals surface area contributed by atoms with E-state index < -0.39 is 0 Å². The summed E-state index contributed by atoms with van der Waals surface area (Å²) in [6.45, 7) is 4.23. The van der Waals surface area contributed by atoms with Crippen molar-refractivity contribution in [3.63, 3.8) is 0 Å². The quantitative estimate of drug-likeness (QED) is 0.177. The third kappa shape index (κ3) is 6.36. The van der Waals surface area contributed by atoms with E-state index in [4.69, 9.17) is 5.73 Å². The Morgan fingerprint density at radius 2 is 1.38 bits per heavy atom. The molecule has 2 N–H and O–H groups in total. The van der Waals surface area contributed by atoms with Gasteiger partial charge in [0.05, 0.1) is 6.21 Å². The van der Waals surface area contributed by atoms with Gasteiger partial charge in [0, 0.05) is 22.8 Å². The molecule has 0 aromatic heterocycles. The molecule has 0 heterocycles. The first-order valence-electron chi connectivity index (χ1n) is 11.2. The summed E-state index contributed by atoms with van der Waals surface area (Å²) >= 11 is 1.48. The summed E-state index contributed by atoms with van der Waals surface area (Å²) in [7, 11) is 0. The summed E-state index contributed by atoms with van der Waals surface area (Å²) in [5, 5.41) is 8.74. The first-order valence-corrected chi connectivity index (χ1v) is 12.1. The molecular weight excluding hydrogens is 436 g/mol. The lowest BCUT2D eigenvalue weighted by atomic mass is 10.1. The van der Waals surface area contributed by atoms with Crippen LogP contribution in [-0.4, -0.2) is 11.4 Å². The molecule has 4 aromatic carbocycles. The maximum Gasteiger partial charge on any atom is 0.180 e. The molecule has 0 aliphatic carbocycles. The van der Waals surface area contributed by atoms with E-state index in [0.29, 0.717) is 5.17 Å². The molecule has 0 spiro atoms. The summed E-state index contributed by atoms with van der Waals surface area (Å²) in [6.07, 6.45) is 1.73. The second kappa shape index (κ2) is 11.3. The van der Waals surface area contributed by atoms with E-state index in [1.807, 2.05) is 30.3 Å². The highest BCUT2D eigenvalue weighted by Gasteiger charge is 2.12. The normalized spacial score (nSPS) is 11.6. The zero-order chi connectivity index (χ0) is 23.8. The van der Waals surface area contributed by atoms with Gasteiger partial charge < -0.3 is 10.6 Å². The standard InChI is InChI=1S/C29H28N4S/c1-22-8-6-12-27(18-22)33(28-13-7-9-23(2)19-28)26-16-14-24(15-17-26)20-31-32-29(30)34-21-25-10-4-3-5-11-25/h3-20H,21H2,1-2H3,(H2,30,32). The molecule has 0 fully saturated rings. The summed E-state index contributed by atoms with van der Waals surface area (Å²) in [5.74, 6) is 0.772. The van der Waals surface area contributed by atoms with E-state index in [2.05, 4.69) is 102 Å². The van der Waals surface area contributed by atoms with E-state index in [9.17, 15) is 0 Å². The highest BCUT2D eigenvalue weighted by molar-refractivity contribution is 8.13. The van der Waals surface area contributed by atoms with Gasteiger partial charge in [-0.3, -0.25) is 0 Å². The molecule has 0 saturated carbocycles. The fourth-order valence-corrected chi connectivity index (χ4v) is 4.22. The number of benzene rings is 4. The minimum atomic E-state index is 0.446. The third-order valence-electron chi connectivity index (χ3n) is 5.26. The zero-order valence-corrected chi connectivity index (χ0v) is 20.2. The molecular formula is C29H28N4S. The molecule has 0 atom stereocenters. The number of nitrogens with zero attached hydrogens (tertiary/aromatic N) is 3. The Bertz CT molecular complexity index is 1240. The average Bonchev–Trinajstić information content (AvgIpc) is 2.85. The van der Waals surface area contributed by atoms with Crippen LogP contribution in [0.1, 0.15) is 22.3 Å². The van der Waals surface area contributed by atoms with Crippen LogP contribution in [0.4, 0.5) is 17.1 Å². The number of thioether (sulfide) groups is 1. The van der Waals surface area contributed by atoms with Crippen LogP contribution >= 0.6 is 11.8 Å². The van der Waals surface area contributed by atoms with Crippen LogP contribution in [0, 0.1) is 13.8 Å². The number of amidine groups is 1. The van der Waals surface area contributed by atoms with Crippen molar-refractivity contribution in [3.05, 3.63) is 125 Å². The van der Waals surface area contributed by atoms with Crippen LogP contribution in [-0.2, 0) is 5.75 Å². The molecule has 0 aliphatic rings. The Morgan fingerprint density at radius 1 is 0.765 bits per heavy atom. The van der Waals surface area contributed by atoms with Crippen LogP contribution in [0.3, 0.4) is 0 Å². The van der Waals surface area contributed by atoms with E-state index in [1.165, 1.54) is 28.5 Å². The first kappa shape index (κ1) is 23.3. The van der Waals surface area contributed by atoms with Gasteiger partial charge in [0.1, 0.15) is 0 Å². The third-order valence-corrected chi connectivity index (χ3v) is 6.12. The lowest BCUT2D eigenvalue weighted by Crippen LogP contribution is -2.10. The van der Waals surface area contributed by atoms with Gasteiger partial charge in [-0.15, -0.1) is 5.10 Å². The van der Waals surface area contributed by atoms with Crippen molar-refractivity contribution in [2.75, 3.05) is 4.90 Å². The maximum absolute atomic E-state index is 6.00. The molecule has 4 aromatic rings. The van der Waals surface area contributed by atoms with Gasteiger partial charge in [-0.25, -0.2) is 0 Å². The highest BCUT2D eigenvalue weighted by atomic mass is 32.2. The molecule has 170 valence electrons. The number of hydrogen-bond acceptors (Lipinski definition) is 4. The number of rotatable bonds is 7.